The number of benzene rings is 1. The molecule has 6 nitrogen and oxygen atoms in total. The number of nitrogens with two attached hydrogens (primary N) is 1. The Morgan fingerprint density at radius 3 is 2.79 bits per heavy atom. The Morgan fingerprint density at radius 1 is 1.17 bits per heavy atom. The van der Waals surface area contributed by atoms with E-state index in [1.54, 1.807) is 0 Å². The number of rotatable bonds is 11. The summed E-state index contributed by atoms with van der Waals surface area (Å²) in [6.07, 6.45) is 9.75. The molecule has 0 aliphatic carbocycles. The van der Waals surface area contributed by atoms with E-state index in [9.17, 15) is 0 Å². The van der Waals surface area contributed by atoms with E-state index in [2.05, 4.69) is 61.8 Å². The van der Waals surface area contributed by atoms with Gasteiger partial charge in [-0.25, -0.2) is 0 Å². The molecular weight excluding hydrogens is 379 g/mol. The Morgan fingerprint density at radius 2 is 2.03 bits per heavy atom. The van der Waals surface area contributed by atoms with Crippen molar-refractivity contribution in [2.24, 2.45) is 0 Å². The van der Waals surface area contributed by atoms with Gasteiger partial charge in [0.25, 0.3) is 0 Å². The van der Waals surface area contributed by atoms with Gasteiger partial charge in [0.1, 0.15) is 5.69 Å². The number of nitrogens with zero attached hydrogens (tertiary/aromatic N) is 3. The molecule has 0 amide bonds. The second kappa shape index (κ2) is 10.6. The summed E-state index contributed by atoms with van der Waals surface area (Å²) in [5, 5.41) is 6.67. The van der Waals surface area contributed by atoms with Gasteiger partial charge >= 0.3 is 0 Å². The Kier molecular flexibility index (Phi) is 7.93. The molecule has 2 aromatic rings. The number of hydrogen-bond donors (Lipinski definition) is 3. The molecule has 158 valence electrons. The fourth-order valence-corrected chi connectivity index (χ4v) is 4.02. The topological polar surface area (TPSA) is 79.1 Å². The molecule has 3 rings (SSSR count). The minimum absolute atomic E-state index is 0.496. The molecule has 7 heteroatoms. The van der Waals surface area contributed by atoms with Crippen molar-refractivity contribution in [3.8, 4) is 0 Å². The zero-order chi connectivity index (χ0) is 20.6. The number of nitrogen functional groups attached to an aromatic ring is 1. The van der Waals surface area contributed by atoms with Gasteiger partial charge in [0, 0.05) is 12.2 Å². The lowest BCUT2D eigenvalue weighted by atomic mass is 10.0. The predicted octanol–water partition coefficient (Wildman–Crippen LogP) is 5.08. The van der Waals surface area contributed by atoms with Crippen molar-refractivity contribution in [1.82, 2.24) is 9.97 Å². The first-order chi connectivity index (χ1) is 14.1. The van der Waals surface area contributed by atoms with Crippen LogP contribution in [0.5, 0.6) is 0 Å². The van der Waals surface area contributed by atoms with Gasteiger partial charge in [-0.05, 0) is 62.0 Å². The van der Waals surface area contributed by atoms with E-state index in [0.717, 1.165) is 49.4 Å². The average Bonchev–Trinajstić information content (AvgIpc) is 3.10. The van der Waals surface area contributed by atoms with Crippen molar-refractivity contribution >= 4 is 38.2 Å². The number of unbranched alkanes of at least 4 members (excludes halogenated alkanes) is 4. The van der Waals surface area contributed by atoms with Crippen LogP contribution < -0.4 is 21.3 Å². The summed E-state index contributed by atoms with van der Waals surface area (Å²) in [5.41, 5.74) is 10.8. The average molecular weight is 415 g/mol. The maximum Gasteiger partial charge on any atom is 0.231 e. The van der Waals surface area contributed by atoms with Crippen LogP contribution in [-0.4, -0.2) is 29.3 Å². The first-order valence-electron chi connectivity index (χ1n) is 10.8. The molecule has 2 heterocycles. The lowest BCUT2D eigenvalue weighted by Gasteiger charge is -2.17. The third-order valence-electron chi connectivity index (χ3n) is 5.44. The molecule has 0 bridgehead atoms. The molecular formula is C22H35N6P. The van der Waals surface area contributed by atoms with Gasteiger partial charge in [-0.15, -0.1) is 9.24 Å². The quantitative estimate of drug-likeness (QED) is 0.352. The molecule has 0 saturated carbocycles. The molecule has 1 aliphatic heterocycles. The largest absolute Gasteiger partial charge is 0.382 e. The lowest BCUT2D eigenvalue weighted by Crippen LogP contribution is -2.24. The van der Waals surface area contributed by atoms with Crippen molar-refractivity contribution < 1.29 is 0 Å². The van der Waals surface area contributed by atoms with Crippen molar-refractivity contribution in [2.75, 3.05) is 40.6 Å². The van der Waals surface area contributed by atoms with E-state index in [4.69, 9.17) is 10.7 Å². The molecule has 1 aliphatic rings. The summed E-state index contributed by atoms with van der Waals surface area (Å²) in [5.74, 6) is 1.94. The fraction of sp³-hybridized carbons (Fsp3) is 0.545. The minimum atomic E-state index is 0.496. The van der Waals surface area contributed by atoms with Crippen molar-refractivity contribution in [1.29, 1.82) is 0 Å². The highest BCUT2D eigenvalue weighted by molar-refractivity contribution is 7.16. The highest BCUT2D eigenvalue weighted by Gasteiger charge is 2.24. The summed E-state index contributed by atoms with van der Waals surface area (Å²) < 4.78 is 0. The summed E-state index contributed by atoms with van der Waals surface area (Å²) in [6.45, 7) is 6.13. The molecule has 0 radical (unpaired) electrons. The van der Waals surface area contributed by atoms with Crippen LogP contribution in [0.4, 0.5) is 29.0 Å². The summed E-state index contributed by atoms with van der Waals surface area (Å²) in [6, 6.07) is 6.51. The van der Waals surface area contributed by atoms with E-state index in [1.165, 1.54) is 43.2 Å². The number of hydrogen-bond acceptors (Lipinski definition) is 6. The smallest absolute Gasteiger partial charge is 0.231 e. The summed E-state index contributed by atoms with van der Waals surface area (Å²) >= 11 is 0. The van der Waals surface area contributed by atoms with E-state index in [1.807, 2.05) is 0 Å². The fourth-order valence-electron chi connectivity index (χ4n) is 3.73. The van der Waals surface area contributed by atoms with E-state index < -0.39 is 0 Å². The molecule has 1 aromatic carbocycles. The number of aromatic nitrogens is 2. The van der Waals surface area contributed by atoms with Crippen LogP contribution in [0.1, 0.15) is 56.6 Å². The normalized spacial score (nSPS) is 12.7. The van der Waals surface area contributed by atoms with Gasteiger partial charge in [0.15, 0.2) is 11.6 Å². The van der Waals surface area contributed by atoms with Crippen LogP contribution in [0.15, 0.2) is 18.2 Å². The van der Waals surface area contributed by atoms with Crippen LogP contribution in [-0.2, 0) is 6.42 Å². The Balaban J connectivity index is 1.68. The predicted molar refractivity (Wildman–Crippen MR) is 128 cm³/mol. The molecule has 0 saturated heterocycles. The van der Waals surface area contributed by atoms with Crippen LogP contribution in [0, 0.1) is 6.92 Å². The number of nitrogens with one attached hydrogen (secondary N) is 2. The first-order valence-corrected chi connectivity index (χ1v) is 11.7. The van der Waals surface area contributed by atoms with Crippen molar-refractivity contribution in [3.05, 3.63) is 29.3 Å². The summed E-state index contributed by atoms with van der Waals surface area (Å²) in [7, 11) is 2.79. The van der Waals surface area contributed by atoms with Crippen molar-refractivity contribution in [3.63, 3.8) is 0 Å². The minimum Gasteiger partial charge on any atom is -0.382 e. The Hall–Kier alpha value is -2.07. The molecule has 29 heavy (non-hydrogen) atoms. The number of fused-ring (bicyclic) bond motifs is 1. The molecule has 1 aromatic heterocycles. The summed E-state index contributed by atoms with van der Waals surface area (Å²) in [4.78, 5) is 11.4. The third kappa shape index (κ3) is 5.72. The van der Waals surface area contributed by atoms with Gasteiger partial charge in [-0.3, -0.25) is 0 Å². The highest BCUT2D eigenvalue weighted by atomic mass is 31.0. The van der Waals surface area contributed by atoms with Gasteiger partial charge < -0.3 is 21.3 Å². The first kappa shape index (κ1) is 21.6. The molecule has 1 atom stereocenters. The standard InChI is InChI=1S/C22H35N6P/c1-3-4-5-6-9-17-10-11-18(14-16(17)2)25-22-26-20(23)19-21(27-22)28(15-24-19)12-7-8-13-29/h10-11,14,24H,3-9,12-13,15,29H2,1-2H3,(H3,23,25,26,27). The molecule has 1 unspecified atom stereocenters. The van der Waals surface area contributed by atoms with Crippen LogP contribution in [0.25, 0.3) is 0 Å². The zero-order valence-corrected chi connectivity index (χ0v) is 19.0. The van der Waals surface area contributed by atoms with E-state index >= 15 is 0 Å². The van der Waals surface area contributed by atoms with E-state index in [-0.39, 0.29) is 0 Å². The molecule has 4 N–H and O–H groups in total. The van der Waals surface area contributed by atoms with Crippen LogP contribution in [0.2, 0.25) is 0 Å². The van der Waals surface area contributed by atoms with Gasteiger partial charge in [0.05, 0.1) is 6.67 Å². The molecule has 0 fully saturated rings. The number of aryl methyl sites for hydroxylation is 2. The SMILES string of the molecule is CCCCCCc1ccc(Nc2nc(N)c3c(n2)N(CCCCP)CN3)cc1C. The maximum absolute atomic E-state index is 6.19. The third-order valence-corrected chi connectivity index (χ3v) is 5.85. The number of anilines is 5. The Labute approximate surface area is 177 Å². The lowest BCUT2D eigenvalue weighted by molar-refractivity contribution is 0.666. The monoisotopic (exact) mass is 414 g/mol. The second-order valence-corrected chi connectivity index (χ2v) is 8.38. The second-order valence-electron chi connectivity index (χ2n) is 7.80. The highest BCUT2D eigenvalue weighted by Crippen LogP contribution is 2.35. The van der Waals surface area contributed by atoms with E-state index in [0.29, 0.717) is 11.8 Å². The molecule has 0 spiro atoms. The Bertz CT molecular complexity index is 810. The van der Waals surface area contributed by atoms with Gasteiger partial charge in [0.2, 0.25) is 5.95 Å². The van der Waals surface area contributed by atoms with Crippen LogP contribution >= 0.6 is 9.24 Å². The van der Waals surface area contributed by atoms with Crippen LogP contribution in [0.3, 0.4) is 0 Å². The zero-order valence-electron chi connectivity index (χ0n) is 17.8. The van der Waals surface area contributed by atoms with Crippen molar-refractivity contribution in [2.45, 2.75) is 58.8 Å². The van der Waals surface area contributed by atoms with Gasteiger partial charge in [-0.2, -0.15) is 9.97 Å². The van der Waals surface area contributed by atoms with Gasteiger partial charge in [-0.1, -0.05) is 32.3 Å². The maximum atomic E-state index is 6.19.